The SMILES string of the molecule is CC(C)(O)COc1ccc2c(C(=O)NC3CCC(Oc4nc(-c5ccccc5)sc4C(N)=O)CC3)cnn2c1C1CC1. The van der Waals surface area contributed by atoms with Crippen LogP contribution in [0.15, 0.2) is 48.7 Å². The Labute approximate surface area is 247 Å². The van der Waals surface area contributed by atoms with Crippen LogP contribution in [0, 0.1) is 0 Å². The van der Waals surface area contributed by atoms with Crippen LogP contribution in [-0.4, -0.2) is 55.9 Å². The van der Waals surface area contributed by atoms with Crippen LogP contribution in [0.4, 0.5) is 0 Å². The van der Waals surface area contributed by atoms with Gasteiger partial charge in [-0.05, 0) is 64.5 Å². The number of rotatable bonds is 10. The predicted molar refractivity (Wildman–Crippen MR) is 159 cm³/mol. The minimum absolute atomic E-state index is 0.00415. The number of carbonyl (C=O) groups excluding carboxylic acids is 2. The first kappa shape index (κ1) is 28.2. The third kappa shape index (κ3) is 6.12. The van der Waals surface area contributed by atoms with Crippen LogP contribution < -0.4 is 20.5 Å². The van der Waals surface area contributed by atoms with Crippen LogP contribution in [-0.2, 0) is 0 Å². The van der Waals surface area contributed by atoms with Gasteiger partial charge in [-0.25, -0.2) is 9.50 Å². The molecule has 4 aromatic rings. The molecule has 11 heteroatoms. The average molecular weight is 590 g/mol. The number of aliphatic hydroxyl groups is 1. The minimum atomic E-state index is -0.954. The summed E-state index contributed by atoms with van der Waals surface area (Å²) in [5.41, 5.74) is 7.77. The van der Waals surface area contributed by atoms with Gasteiger partial charge in [-0.3, -0.25) is 9.59 Å². The summed E-state index contributed by atoms with van der Waals surface area (Å²) in [6.45, 7) is 3.58. The molecule has 2 aliphatic carbocycles. The zero-order valence-corrected chi connectivity index (χ0v) is 24.5. The maximum absolute atomic E-state index is 13.3. The number of primary amides is 1. The number of nitrogens with one attached hydrogen (secondary N) is 1. The van der Waals surface area contributed by atoms with E-state index in [2.05, 4.69) is 15.4 Å². The first-order chi connectivity index (χ1) is 20.2. The van der Waals surface area contributed by atoms with Gasteiger partial charge >= 0.3 is 0 Å². The Morgan fingerprint density at radius 1 is 1.10 bits per heavy atom. The van der Waals surface area contributed by atoms with Crippen LogP contribution in [0.5, 0.6) is 11.6 Å². The molecule has 3 aromatic heterocycles. The number of nitrogens with two attached hydrogens (primary N) is 1. The number of pyridine rings is 1. The number of fused-ring (bicyclic) bond motifs is 1. The van der Waals surface area contributed by atoms with Gasteiger partial charge in [0.05, 0.1) is 28.6 Å². The average Bonchev–Trinajstić information content (AvgIpc) is 3.56. The number of nitrogens with zero attached hydrogens (tertiary/aromatic N) is 3. The summed E-state index contributed by atoms with van der Waals surface area (Å²) in [6.07, 6.45) is 6.47. The van der Waals surface area contributed by atoms with Gasteiger partial charge in [-0.2, -0.15) is 5.10 Å². The van der Waals surface area contributed by atoms with E-state index in [1.54, 1.807) is 20.0 Å². The zero-order valence-electron chi connectivity index (χ0n) is 23.7. The minimum Gasteiger partial charge on any atom is -0.489 e. The number of aromatic nitrogens is 3. The molecule has 3 heterocycles. The molecular formula is C31H35N5O5S. The lowest BCUT2D eigenvalue weighted by Gasteiger charge is -2.29. The molecule has 1 aromatic carbocycles. The highest BCUT2D eigenvalue weighted by molar-refractivity contribution is 7.17. The highest BCUT2D eigenvalue weighted by Crippen LogP contribution is 2.44. The van der Waals surface area contributed by atoms with Crippen LogP contribution in [0.1, 0.15) is 84.0 Å². The maximum Gasteiger partial charge on any atom is 0.264 e. The van der Waals surface area contributed by atoms with E-state index in [0.29, 0.717) is 40.0 Å². The molecule has 0 radical (unpaired) electrons. The van der Waals surface area contributed by atoms with Gasteiger partial charge in [-0.1, -0.05) is 30.3 Å². The van der Waals surface area contributed by atoms with E-state index in [1.807, 2.05) is 47.0 Å². The van der Waals surface area contributed by atoms with Crippen LogP contribution in [0.25, 0.3) is 16.1 Å². The van der Waals surface area contributed by atoms with Crippen molar-refractivity contribution in [3.8, 4) is 22.2 Å². The lowest BCUT2D eigenvalue weighted by molar-refractivity contribution is 0.0279. The standard InChI is InChI=1S/C31H35N5O5S/c1-31(2,39)17-40-24-15-14-23-22(16-33-36(23)25(24)18-8-9-18)28(38)34-20-10-12-21(13-11-20)41-29-26(27(32)37)42-30(35-29)19-6-4-3-5-7-19/h3-7,14-16,18,20-21,39H,8-13,17H2,1-2H3,(H2,32,37)(H,34,38). The summed E-state index contributed by atoms with van der Waals surface area (Å²) in [5.74, 6) is 0.579. The molecule has 0 aliphatic heterocycles. The second-order valence-electron chi connectivity index (χ2n) is 11.8. The van der Waals surface area contributed by atoms with Crippen molar-refractivity contribution >= 4 is 28.7 Å². The number of carbonyl (C=O) groups is 2. The van der Waals surface area contributed by atoms with Gasteiger partial charge in [0.1, 0.15) is 23.5 Å². The van der Waals surface area contributed by atoms with Crippen molar-refractivity contribution < 1.29 is 24.2 Å². The molecule has 0 atom stereocenters. The molecule has 6 rings (SSSR count). The molecule has 2 saturated carbocycles. The zero-order chi connectivity index (χ0) is 29.4. The first-order valence-corrected chi connectivity index (χ1v) is 15.2. The van der Waals surface area contributed by atoms with Crippen LogP contribution in [0.3, 0.4) is 0 Å². The van der Waals surface area contributed by atoms with E-state index < -0.39 is 11.5 Å². The Morgan fingerprint density at radius 2 is 1.83 bits per heavy atom. The van der Waals surface area contributed by atoms with E-state index in [1.165, 1.54) is 11.3 Å². The van der Waals surface area contributed by atoms with Gasteiger partial charge in [0.2, 0.25) is 5.88 Å². The summed E-state index contributed by atoms with van der Waals surface area (Å²) < 4.78 is 13.9. The number of hydrogen-bond acceptors (Lipinski definition) is 8. The Morgan fingerprint density at radius 3 is 2.50 bits per heavy atom. The highest BCUT2D eigenvalue weighted by Gasteiger charge is 2.32. The normalized spacial score (nSPS) is 19.0. The van der Waals surface area contributed by atoms with E-state index in [-0.39, 0.29) is 30.5 Å². The maximum atomic E-state index is 13.3. The second kappa shape index (κ2) is 11.4. The van der Waals surface area contributed by atoms with Gasteiger partial charge in [0.15, 0.2) is 4.88 Å². The summed E-state index contributed by atoms with van der Waals surface area (Å²) in [6, 6.07) is 13.3. The molecule has 10 nitrogen and oxygen atoms in total. The lowest BCUT2D eigenvalue weighted by atomic mass is 9.92. The molecule has 0 bridgehead atoms. The molecule has 220 valence electrons. The molecule has 42 heavy (non-hydrogen) atoms. The van der Waals surface area contributed by atoms with Crippen molar-refractivity contribution in [2.24, 2.45) is 5.73 Å². The smallest absolute Gasteiger partial charge is 0.264 e. The summed E-state index contributed by atoms with van der Waals surface area (Å²) in [5, 5.41) is 18.5. The van der Waals surface area contributed by atoms with Crippen molar-refractivity contribution in [3.63, 3.8) is 0 Å². The highest BCUT2D eigenvalue weighted by atomic mass is 32.1. The Balaban J connectivity index is 1.10. The largest absolute Gasteiger partial charge is 0.489 e. The Hall–Kier alpha value is -3.96. The van der Waals surface area contributed by atoms with Gasteiger partial charge in [0, 0.05) is 17.5 Å². The number of hydrogen-bond donors (Lipinski definition) is 3. The Kier molecular flexibility index (Phi) is 7.63. The van der Waals surface area contributed by atoms with Crippen molar-refractivity contribution in [1.82, 2.24) is 19.9 Å². The number of amides is 2. The lowest BCUT2D eigenvalue weighted by Crippen LogP contribution is -2.39. The van der Waals surface area contributed by atoms with Crippen molar-refractivity contribution in [2.45, 2.75) is 76.0 Å². The van der Waals surface area contributed by atoms with E-state index in [0.717, 1.165) is 42.5 Å². The third-order valence-electron chi connectivity index (χ3n) is 7.60. The van der Waals surface area contributed by atoms with Gasteiger partial charge in [-0.15, -0.1) is 11.3 Å². The fourth-order valence-electron chi connectivity index (χ4n) is 5.33. The quantitative estimate of drug-likeness (QED) is 0.243. The molecule has 0 spiro atoms. The van der Waals surface area contributed by atoms with Gasteiger partial charge < -0.3 is 25.6 Å². The number of ether oxygens (including phenoxy) is 2. The van der Waals surface area contributed by atoms with Crippen molar-refractivity contribution in [2.75, 3.05) is 6.61 Å². The van der Waals surface area contributed by atoms with Crippen LogP contribution in [0.2, 0.25) is 0 Å². The fourth-order valence-corrected chi connectivity index (χ4v) is 6.19. The summed E-state index contributed by atoms with van der Waals surface area (Å²) in [7, 11) is 0. The molecular weight excluding hydrogens is 554 g/mol. The monoisotopic (exact) mass is 589 g/mol. The molecule has 2 fully saturated rings. The molecule has 0 saturated heterocycles. The number of benzene rings is 1. The fraction of sp³-hybridized carbons (Fsp3) is 0.419. The van der Waals surface area contributed by atoms with Gasteiger partial charge in [0.25, 0.3) is 11.8 Å². The molecule has 4 N–H and O–H groups in total. The van der Waals surface area contributed by atoms with E-state index in [9.17, 15) is 14.7 Å². The number of thiazole rings is 1. The molecule has 2 aliphatic rings. The van der Waals surface area contributed by atoms with Crippen molar-refractivity contribution in [1.29, 1.82) is 0 Å². The molecule has 2 amide bonds. The topological polar surface area (TPSA) is 141 Å². The third-order valence-corrected chi connectivity index (χ3v) is 8.70. The molecule has 0 unspecified atom stereocenters. The predicted octanol–water partition coefficient (Wildman–Crippen LogP) is 4.70. The summed E-state index contributed by atoms with van der Waals surface area (Å²) >= 11 is 1.23. The first-order valence-electron chi connectivity index (χ1n) is 14.4. The second-order valence-corrected chi connectivity index (χ2v) is 12.8. The van der Waals surface area contributed by atoms with Crippen LogP contribution >= 0.6 is 11.3 Å². The van der Waals surface area contributed by atoms with E-state index >= 15 is 0 Å². The van der Waals surface area contributed by atoms with Crippen molar-refractivity contribution in [3.05, 3.63) is 64.8 Å². The Bertz CT molecular complexity index is 1600. The van der Waals surface area contributed by atoms with E-state index in [4.69, 9.17) is 15.2 Å². The summed E-state index contributed by atoms with van der Waals surface area (Å²) in [4.78, 5) is 30.3.